The number of hydrogen-bond acceptors (Lipinski definition) is 5. The smallest absolute Gasteiger partial charge is 0.195 e. The van der Waals surface area contributed by atoms with Gasteiger partial charge in [0, 0.05) is 65.1 Å². The molecule has 0 bridgehead atoms. The van der Waals surface area contributed by atoms with E-state index in [9.17, 15) is 0 Å². The lowest BCUT2D eigenvalue weighted by Crippen LogP contribution is -2.40. The van der Waals surface area contributed by atoms with Crippen LogP contribution >= 0.6 is 0 Å². The standard InChI is InChI=1S/C25H36N4O3/c1-20-18-29(11-14-31-20)19-22-8-4-7-21(15-22)17-27-25(26-2)28-23-9-5-10-24(16-23)32-13-6-12-30-3/h4-5,7-10,15-16,20H,6,11-14,17-19H2,1-3H3,(H2,26,27,28). The largest absolute Gasteiger partial charge is 0.493 e. The highest BCUT2D eigenvalue weighted by atomic mass is 16.5. The van der Waals surface area contributed by atoms with Crippen LogP contribution < -0.4 is 15.4 Å². The van der Waals surface area contributed by atoms with E-state index in [2.05, 4.69) is 51.7 Å². The van der Waals surface area contributed by atoms with Gasteiger partial charge in [0.2, 0.25) is 0 Å². The summed E-state index contributed by atoms with van der Waals surface area (Å²) in [5.74, 6) is 1.54. The van der Waals surface area contributed by atoms with Crippen molar-refractivity contribution in [3.05, 3.63) is 59.7 Å². The number of aliphatic imine (C=N–C) groups is 1. The second-order valence-electron chi connectivity index (χ2n) is 8.01. The predicted octanol–water partition coefficient (Wildman–Crippen LogP) is 3.51. The number of rotatable bonds is 10. The van der Waals surface area contributed by atoms with Gasteiger partial charge in [-0.3, -0.25) is 9.89 Å². The summed E-state index contributed by atoms with van der Waals surface area (Å²) in [6.07, 6.45) is 1.17. The number of anilines is 1. The zero-order valence-electron chi connectivity index (χ0n) is 19.5. The van der Waals surface area contributed by atoms with Gasteiger partial charge < -0.3 is 24.8 Å². The quantitative estimate of drug-likeness (QED) is 0.335. The van der Waals surface area contributed by atoms with E-state index >= 15 is 0 Å². The Labute approximate surface area is 191 Å². The van der Waals surface area contributed by atoms with E-state index in [-0.39, 0.29) is 0 Å². The predicted molar refractivity (Wildman–Crippen MR) is 129 cm³/mol. The summed E-state index contributed by atoms with van der Waals surface area (Å²) in [5.41, 5.74) is 3.47. The molecular formula is C25H36N4O3. The molecule has 7 nitrogen and oxygen atoms in total. The minimum atomic E-state index is 0.303. The number of guanidine groups is 1. The monoisotopic (exact) mass is 440 g/mol. The van der Waals surface area contributed by atoms with E-state index < -0.39 is 0 Å². The maximum atomic E-state index is 5.78. The fourth-order valence-electron chi connectivity index (χ4n) is 3.69. The van der Waals surface area contributed by atoms with Crippen LogP contribution in [0.5, 0.6) is 5.75 Å². The maximum Gasteiger partial charge on any atom is 0.195 e. The zero-order valence-corrected chi connectivity index (χ0v) is 19.5. The van der Waals surface area contributed by atoms with Crippen molar-refractivity contribution in [1.29, 1.82) is 0 Å². The molecule has 0 radical (unpaired) electrons. The fraction of sp³-hybridized carbons (Fsp3) is 0.480. The molecule has 1 heterocycles. The van der Waals surface area contributed by atoms with E-state index in [1.54, 1.807) is 14.2 Å². The molecule has 1 unspecified atom stereocenters. The molecule has 0 spiro atoms. The van der Waals surface area contributed by atoms with Crippen LogP contribution in [-0.4, -0.2) is 64.0 Å². The van der Waals surface area contributed by atoms with Gasteiger partial charge >= 0.3 is 0 Å². The average Bonchev–Trinajstić information content (AvgIpc) is 2.80. The minimum Gasteiger partial charge on any atom is -0.493 e. The normalized spacial score (nSPS) is 17.2. The SMILES string of the molecule is CN=C(NCc1cccc(CN2CCOC(C)C2)c1)Nc1cccc(OCCCOC)c1. The van der Waals surface area contributed by atoms with E-state index in [1.807, 2.05) is 24.3 Å². The lowest BCUT2D eigenvalue weighted by atomic mass is 10.1. The summed E-state index contributed by atoms with van der Waals surface area (Å²) < 4.78 is 16.5. The molecule has 2 N–H and O–H groups in total. The van der Waals surface area contributed by atoms with E-state index in [0.717, 1.165) is 44.1 Å². The highest BCUT2D eigenvalue weighted by Gasteiger charge is 2.16. The Hall–Kier alpha value is -2.61. The van der Waals surface area contributed by atoms with Crippen LogP contribution in [0.2, 0.25) is 0 Å². The van der Waals surface area contributed by atoms with Crippen molar-refractivity contribution < 1.29 is 14.2 Å². The summed E-state index contributed by atoms with van der Waals surface area (Å²) in [5, 5.41) is 6.74. The van der Waals surface area contributed by atoms with Crippen LogP contribution in [0.1, 0.15) is 24.5 Å². The first-order valence-corrected chi connectivity index (χ1v) is 11.3. The molecular weight excluding hydrogens is 404 g/mol. The highest BCUT2D eigenvalue weighted by Crippen LogP contribution is 2.18. The third-order valence-corrected chi connectivity index (χ3v) is 5.26. The molecule has 0 aromatic heterocycles. The summed E-state index contributed by atoms with van der Waals surface area (Å²) >= 11 is 0. The molecule has 7 heteroatoms. The van der Waals surface area contributed by atoms with Crippen molar-refractivity contribution >= 4 is 11.6 Å². The minimum absolute atomic E-state index is 0.303. The van der Waals surface area contributed by atoms with Crippen LogP contribution in [0.4, 0.5) is 5.69 Å². The first-order chi connectivity index (χ1) is 15.7. The Kier molecular flexibility index (Phi) is 9.81. The average molecular weight is 441 g/mol. The molecule has 1 saturated heterocycles. The number of benzene rings is 2. The number of ether oxygens (including phenoxy) is 3. The highest BCUT2D eigenvalue weighted by molar-refractivity contribution is 5.93. The maximum absolute atomic E-state index is 5.78. The molecule has 0 saturated carbocycles. The number of morpholine rings is 1. The van der Waals surface area contributed by atoms with Gasteiger partial charge in [-0.15, -0.1) is 0 Å². The summed E-state index contributed by atoms with van der Waals surface area (Å²) in [7, 11) is 3.47. The molecule has 1 fully saturated rings. The zero-order chi connectivity index (χ0) is 22.6. The molecule has 0 aliphatic carbocycles. The van der Waals surface area contributed by atoms with Crippen LogP contribution in [0, 0.1) is 0 Å². The number of methoxy groups -OCH3 is 1. The molecule has 1 atom stereocenters. The van der Waals surface area contributed by atoms with E-state index in [1.165, 1.54) is 11.1 Å². The topological polar surface area (TPSA) is 67.4 Å². The number of hydrogen-bond donors (Lipinski definition) is 2. The van der Waals surface area contributed by atoms with Crippen molar-refractivity contribution in [2.24, 2.45) is 4.99 Å². The molecule has 0 amide bonds. The van der Waals surface area contributed by atoms with Gasteiger partial charge in [-0.25, -0.2) is 0 Å². The Morgan fingerprint density at radius 1 is 1.16 bits per heavy atom. The van der Waals surface area contributed by atoms with E-state index in [0.29, 0.717) is 31.8 Å². The lowest BCUT2D eigenvalue weighted by Gasteiger charge is -2.31. The second kappa shape index (κ2) is 13.1. The molecule has 1 aliphatic heterocycles. The summed E-state index contributed by atoms with van der Waals surface area (Å²) in [6.45, 7) is 7.88. The van der Waals surface area contributed by atoms with Crippen molar-refractivity contribution in [3.63, 3.8) is 0 Å². The molecule has 3 rings (SSSR count). The van der Waals surface area contributed by atoms with Gasteiger partial charge in [0.1, 0.15) is 5.75 Å². The van der Waals surface area contributed by atoms with Gasteiger partial charge in [-0.2, -0.15) is 0 Å². The Morgan fingerprint density at radius 2 is 2.00 bits per heavy atom. The number of nitrogens with one attached hydrogen (secondary N) is 2. The molecule has 2 aromatic rings. The van der Waals surface area contributed by atoms with Crippen LogP contribution in [-0.2, 0) is 22.6 Å². The van der Waals surface area contributed by atoms with Crippen LogP contribution in [0.15, 0.2) is 53.5 Å². The third-order valence-electron chi connectivity index (χ3n) is 5.26. The Balaban J connectivity index is 1.50. The van der Waals surface area contributed by atoms with Crippen molar-refractivity contribution in [2.45, 2.75) is 32.5 Å². The van der Waals surface area contributed by atoms with Gasteiger partial charge in [-0.1, -0.05) is 30.3 Å². The van der Waals surface area contributed by atoms with Gasteiger partial charge in [-0.05, 0) is 30.2 Å². The van der Waals surface area contributed by atoms with Gasteiger partial charge in [0.15, 0.2) is 5.96 Å². The number of nitrogens with zero attached hydrogens (tertiary/aromatic N) is 2. The summed E-state index contributed by atoms with van der Waals surface area (Å²) in [4.78, 5) is 6.80. The molecule has 1 aliphatic rings. The first-order valence-electron chi connectivity index (χ1n) is 11.3. The lowest BCUT2D eigenvalue weighted by molar-refractivity contribution is -0.0212. The second-order valence-corrected chi connectivity index (χ2v) is 8.01. The van der Waals surface area contributed by atoms with E-state index in [4.69, 9.17) is 14.2 Å². The van der Waals surface area contributed by atoms with Crippen molar-refractivity contribution in [1.82, 2.24) is 10.2 Å². The Bertz CT molecular complexity index is 859. The van der Waals surface area contributed by atoms with Gasteiger partial charge in [0.05, 0.1) is 19.3 Å². The van der Waals surface area contributed by atoms with Crippen LogP contribution in [0.3, 0.4) is 0 Å². The third kappa shape index (κ3) is 8.15. The summed E-state index contributed by atoms with van der Waals surface area (Å²) in [6, 6.07) is 16.6. The van der Waals surface area contributed by atoms with Crippen LogP contribution in [0.25, 0.3) is 0 Å². The molecule has 174 valence electrons. The molecule has 32 heavy (non-hydrogen) atoms. The van der Waals surface area contributed by atoms with Crippen molar-refractivity contribution in [3.8, 4) is 5.75 Å². The Morgan fingerprint density at radius 3 is 2.81 bits per heavy atom. The van der Waals surface area contributed by atoms with Crippen molar-refractivity contribution in [2.75, 3.05) is 52.4 Å². The fourth-order valence-corrected chi connectivity index (χ4v) is 3.69. The van der Waals surface area contributed by atoms with Gasteiger partial charge in [0.25, 0.3) is 0 Å². The molecule has 2 aromatic carbocycles. The first kappa shape index (κ1) is 24.0.